The molecule has 0 spiro atoms. The van der Waals surface area contributed by atoms with Crippen molar-refractivity contribution < 1.29 is 4.79 Å². The van der Waals surface area contributed by atoms with Crippen molar-refractivity contribution in [1.29, 1.82) is 0 Å². The highest BCUT2D eigenvalue weighted by molar-refractivity contribution is 5.96. The van der Waals surface area contributed by atoms with E-state index in [9.17, 15) is 4.79 Å². The third-order valence-corrected chi connectivity index (χ3v) is 4.89. The minimum atomic E-state index is 0.184. The molecule has 1 unspecified atom stereocenters. The third kappa shape index (κ3) is 2.47. The molecule has 1 atom stereocenters. The van der Waals surface area contributed by atoms with Crippen LogP contribution < -0.4 is 10.2 Å². The zero-order valence-corrected chi connectivity index (χ0v) is 12.5. The monoisotopic (exact) mass is 272 g/mol. The molecule has 1 heterocycles. The maximum Gasteiger partial charge on any atom is 0.228 e. The minimum Gasteiger partial charge on any atom is -0.315 e. The van der Waals surface area contributed by atoms with E-state index in [4.69, 9.17) is 0 Å². The number of benzene rings is 1. The number of rotatable bonds is 5. The van der Waals surface area contributed by atoms with Gasteiger partial charge >= 0.3 is 0 Å². The molecule has 1 aliphatic heterocycles. The number of carbonyl (C=O) groups is 1. The van der Waals surface area contributed by atoms with Crippen molar-refractivity contribution in [3.05, 3.63) is 29.8 Å². The number of carbonyl (C=O) groups excluding carboxylic acids is 1. The van der Waals surface area contributed by atoms with Crippen LogP contribution in [-0.2, 0) is 4.79 Å². The number of para-hydroxylation sites is 1. The Morgan fingerprint density at radius 1 is 1.35 bits per heavy atom. The van der Waals surface area contributed by atoms with Crippen LogP contribution in [0.15, 0.2) is 24.3 Å². The second-order valence-corrected chi connectivity index (χ2v) is 6.40. The lowest BCUT2D eigenvalue weighted by molar-refractivity contribution is -0.119. The molecule has 0 bridgehead atoms. The lowest BCUT2D eigenvalue weighted by Gasteiger charge is -2.33. The number of hydrogen-bond donors (Lipinski definition) is 1. The first-order chi connectivity index (χ1) is 9.65. The van der Waals surface area contributed by atoms with Crippen LogP contribution in [0.1, 0.15) is 50.6 Å². The highest BCUT2D eigenvalue weighted by atomic mass is 16.2. The number of hydrogen-bond acceptors (Lipinski definition) is 2. The number of amides is 1. The predicted molar refractivity (Wildman–Crippen MR) is 81.8 cm³/mol. The molecule has 1 saturated carbocycles. The lowest BCUT2D eigenvalue weighted by Crippen LogP contribution is -2.39. The Morgan fingerprint density at radius 2 is 2.10 bits per heavy atom. The number of nitrogens with one attached hydrogen (secondary N) is 1. The van der Waals surface area contributed by atoms with Crippen molar-refractivity contribution in [2.24, 2.45) is 5.41 Å². The van der Waals surface area contributed by atoms with Crippen LogP contribution in [0.4, 0.5) is 5.69 Å². The summed E-state index contributed by atoms with van der Waals surface area (Å²) in [4.78, 5) is 13.9. The van der Waals surface area contributed by atoms with Gasteiger partial charge in [-0.1, -0.05) is 31.5 Å². The molecule has 1 N–H and O–H groups in total. The smallest absolute Gasteiger partial charge is 0.228 e. The molecule has 2 aliphatic rings. The van der Waals surface area contributed by atoms with Crippen LogP contribution in [0.25, 0.3) is 0 Å². The Hall–Kier alpha value is -1.35. The van der Waals surface area contributed by atoms with Gasteiger partial charge in [0, 0.05) is 31.7 Å². The second kappa shape index (κ2) is 5.21. The summed E-state index contributed by atoms with van der Waals surface area (Å²) in [5.41, 5.74) is 2.85. The summed E-state index contributed by atoms with van der Waals surface area (Å²) in [6.07, 6.45) is 5.83. The van der Waals surface area contributed by atoms with E-state index in [1.54, 1.807) is 4.90 Å². The highest BCUT2D eigenvalue weighted by Gasteiger charge is 2.42. The largest absolute Gasteiger partial charge is 0.315 e. The van der Waals surface area contributed by atoms with Gasteiger partial charge in [-0.3, -0.25) is 4.79 Å². The molecular formula is C17H24N2O. The van der Waals surface area contributed by atoms with E-state index in [-0.39, 0.29) is 11.9 Å². The quantitative estimate of drug-likeness (QED) is 0.892. The molecule has 1 aliphatic carbocycles. The first kappa shape index (κ1) is 13.6. The maximum absolute atomic E-state index is 12.1. The number of nitrogens with zero attached hydrogens (tertiary/aromatic N) is 1. The Balaban J connectivity index is 1.74. The minimum absolute atomic E-state index is 0.184. The van der Waals surface area contributed by atoms with Crippen LogP contribution in [0, 0.1) is 5.41 Å². The van der Waals surface area contributed by atoms with Crippen molar-refractivity contribution in [2.45, 2.75) is 45.1 Å². The normalized spacial score (nSPS) is 23.6. The average molecular weight is 272 g/mol. The van der Waals surface area contributed by atoms with Gasteiger partial charge in [0.15, 0.2) is 0 Å². The zero-order valence-electron chi connectivity index (χ0n) is 12.5. The Bertz CT molecular complexity index is 507. The molecule has 108 valence electrons. The average Bonchev–Trinajstić information content (AvgIpc) is 3.22. The third-order valence-electron chi connectivity index (χ3n) is 4.89. The summed E-state index contributed by atoms with van der Waals surface area (Å²) in [7, 11) is 1.87. The summed E-state index contributed by atoms with van der Waals surface area (Å²) < 4.78 is 0. The van der Waals surface area contributed by atoms with Crippen molar-refractivity contribution in [3.63, 3.8) is 0 Å². The molecular weight excluding hydrogens is 248 g/mol. The summed E-state index contributed by atoms with van der Waals surface area (Å²) in [6.45, 7) is 3.31. The SMILES string of the molecule is CCCC1(CNC2CC(=O)N(C)c3ccccc32)CC1. The fraction of sp³-hybridized carbons (Fsp3) is 0.588. The maximum atomic E-state index is 12.1. The van der Waals surface area contributed by atoms with E-state index in [1.165, 1.54) is 31.2 Å². The fourth-order valence-electron chi connectivity index (χ4n) is 3.39. The van der Waals surface area contributed by atoms with Crippen LogP contribution in [0.2, 0.25) is 0 Å². The molecule has 0 saturated heterocycles. The van der Waals surface area contributed by atoms with E-state index in [0.717, 1.165) is 12.2 Å². The van der Waals surface area contributed by atoms with Gasteiger partial charge in [-0.2, -0.15) is 0 Å². The zero-order chi connectivity index (χ0) is 14.2. The second-order valence-electron chi connectivity index (χ2n) is 6.40. The summed E-state index contributed by atoms with van der Waals surface area (Å²) >= 11 is 0. The van der Waals surface area contributed by atoms with Crippen LogP contribution in [-0.4, -0.2) is 19.5 Å². The van der Waals surface area contributed by atoms with Crippen LogP contribution in [0.3, 0.4) is 0 Å². The fourth-order valence-corrected chi connectivity index (χ4v) is 3.39. The van der Waals surface area contributed by atoms with E-state index in [0.29, 0.717) is 11.8 Å². The Kier molecular flexibility index (Phi) is 3.55. The van der Waals surface area contributed by atoms with Crippen molar-refractivity contribution >= 4 is 11.6 Å². The van der Waals surface area contributed by atoms with E-state index < -0.39 is 0 Å². The highest BCUT2D eigenvalue weighted by Crippen LogP contribution is 2.49. The summed E-state index contributed by atoms with van der Waals surface area (Å²) in [6, 6.07) is 8.44. The molecule has 1 aromatic rings. The molecule has 20 heavy (non-hydrogen) atoms. The predicted octanol–water partition coefficient (Wildman–Crippen LogP) is 3.26. The van der Waals surface area contributed by atoms with Gasteiger partial charge < -0.3 is 10.2 Å². The van der Waals surface area contributed by atoms with Crippen molar-refractivity contribution in [2.75, 3.05) is 18.5 Å². The van der Waals surface area contributed by atoms with Gasteiger partial charge in [0.05, 0.1) is 0 Å². The topological polar surface area (TPSA) is 32.3 Å². The van der Waals surface area contributed by atoms with Gasteiger partial charge in [0.1, 0.15) is 0 Å². The molecule has 1 fully saturated rings. The number of anilines is 1. The molecule has 3 rings (SSSR count). The van der Waals surface area contributed by atoms with E-state index in [2.05, 4.69) is 24.4 Å². The van der Waals surface area contributed by atoms with Gasteiger partial charge in [0.2, 0.25) is 5.91 Å². The molecule has 0 aromatic heterocycles. The molecule has 1 amide bonds. The standard InChI is InChI=1S/C17H24N2O/c1-3-8-17(9-10-17)12-18-14-11-16(20)19(2)15-7-5-4-6-13(14)15/h4-7,14,18H,3,8-12H2,1-2H3. The van der Waals surface area contributed by atoms with Crippen LogP contribution in [0.5, 0.6) is 0 Å². The number of fused-ring (bicyclic) bond motifs is 1. The van der Waals surface area contributed by atoms with Crippen LogP contribution >= 0.6 is 0 Å². The van der Waals surface area contributed by atoms with Crippen molar-refractivity contribution in [1.82, 2.24) is 5.32 Å². The Morgan fingerprint density at radius 3 is 2.80 bits per heavy atom. The van der Waals surface area contributed by atoms with Gasteiger partial charge in [-0.25, -0.2) is 0 Å². The molecule has 3 heteroatoms. The first-order valence-corrected chi connectivity index (χ1v) is 7.74. The van der Waals surface area contributed by atoms with Gasteiger partial charge in [-0.05, 0) is 36.3 Å². The first-order valence-electron chi connectivity index (χ1n) is 7.74. The van der Waals surface area contributed by atoms with Gasteiger partial charge in [0.25, 0.3) is 0 Å². The summed E-state index contributed by atoms with van der Waals surface area (Å²) in [5, 5.41) is 3.67. The Labute approximate surface area is 121 Å². The summed E-state index contributed by atoms with van der Waals surface area (Å²) in [5.74, 6) is 0.210. The van der Waals surface area contributed by atoms with Crippen molar-refractivity contribution in [3.8, 4) is 0 Å². The van der Waals surface area contributed by atoms with Gasteiger partial charge in [-0.15, -0.1) is 0 Å². The van der Waals surface area contributed by atoms with E-state index in [1.807, 2.05) is 19.2 Å². The molecule has 0 radical (unpaired) electrons. The molecule has 3 nitrogen and oxygen atoms in total. The molecule has 1 aromatic carbocycles. The van der Waals surface area contributed by atoms with E-state index >= 15 is 0 Å². The lowest BCUT2D eigenvalue weighted by atomic mass is 9.94.